The van der Waals surface area contributed by atoms with E-state index in [2.05, 4.69) is 17.6 Å². The lowest BCUT2D eigenvalue weighted by atomic mass is 9.91. The van der Waals surface area contributed by atoms with Gasteiger partial charge in [-0.15, -0.1) is 0 Å². The van der Waals surface area contributed by atoms with Crippen LogP contribution >= 0.6 is 0 Å². The third-order valence-electron chi connectivity index (χ3n) is 3.94. The summed E-state index contributed by atoms with van der Waals surface area (Å²) in [6.07, 6.45) is 4.50. The van der Waals surface area contributed by atoms with E-state index in [1.807, 2.05) is 24.3 Å². The molecular weight excluding hydrogens is 252 g/mol. The molecule has 1 atom stereocenters. The smallest absolute Gasteiger partial charge is 0.316 e. The number of rotatable bonds is 4. The Labute approximate surface area is 120 Å². The largest absolute Gasteiger partial charge is 0.351 e. The first kappa shape index (κ1) is 14.8. The molecule has 1 fully saturated rings. The number of amides is 2. The maximum absolute atomic E-state index is 10.8. The van der Waals surface area contributed by atoms with Crippen molar-refractivity contribution in [2.45, 2.75) is 50.7 Å². The molecule has 2 amide bonds. The molecule has 6 N–H and O–H groups in total. The van der Waals surface area contributed by atoms with Crippen LogP contribution in [0.3, 0.4) is 0 Å². The van der Waals surface area contributed by atoms with Gasteiger partial charge in [0, 0.05) is 23.8 Å². The van der Waals surface area contributed by atoms with Crippen molar-refractivity contribution in [3.63, 3.8) is 0 Å². The first-order valence-corrected chi connectivity index (χ1v) is 7.22. The summed E-state index contributed by atoms with van der Waals surface area (Å²) in [6.45, 7) is 2.16. The molecule has 0 spiro atoms. The van der Waals surface area contributed by atoms with E-state index in [4.69, 9.17) is 11.5 Å². The average molecular weight is 276 g/mol. The van der Waals surface area contributed by atoms with Gasteiger partial charge in [-0.25, -0.2) is 4.79 Å². The summed E-state index contributed by atoms with van der Waals surface area (Å²) in [7, 11) is 0. The van der Waals surface area contributed by atoms with Gasteiger partial charge in [-0.2, -0.15) is 0 Å². The number of nitrogens with one attached hydrogen (secondary N) is 2. The molecule has 5 heteroatoms. The van der Waals surface area contributed by atoms with Crippen LogP contribution in [-0.2, 0) is 0 Å². The minimum atomic E-state index is -0.539. The standard InChI is InChI=1S/C15H24N4O/c1-10(18-13-8-4-12(16)5-9-13)11-2-6-14(7-3-11)19-15(17)20/h2-3,6-7,10,12-13,18H,4-5,8-9,16H2,1H3,(H3,17,19,20). The lowest BCUT2D eigenvalue weighted by Crippen LogP contribution is -2.38. The lowest BCUT2D eigenvalue weighted by molar-refractivity contribution is 0.259. The lowest BCUT2D eigenvalue weighted by Gasteiger charge is -2.29. The molecule has 2 rings (SSSR count). The molecule has 0 saturated heterocycles. The van der Waals surface area contributed by atoms with Crippen LogP contribution in [0.5, 0.6) is 0 Å². The summed E-state index contributed by atoms with van der Waals surface area (Å²) >= 11 is 0. The van der Waals surface area contributed by atoms with Gasteiger partial charge >= 0.3 is 6.03 Å². The highest BCUT2D eigenvalue weighted by Crippen LogP contribution is 2.22. The number of benzene rings is 1. The van der Waals surface area contributed by atoms with E-state index in [1.54, 1.807) is 0 Å². The van der Waals surface area contributed by atoms with Crippen LogP contribution in [0, 0.1) is 0 Å². The quantitative estimate of drug-likeness (QED) is 0.678. The third-order valence-corrected chi connectivity index (χ3v) is 3.94. The number of hydrogen-bond donors (Lipinski definition) is 4. The predicted molar refractivity (Wildman–Crippen MR) is 81.4 cm³/mol. The van der Waals surface area contributed by atoms with Crippen molar-refractivity contribution in [2.24, 2.45) is 11.5 Å². The number of primary amides is 1. The summed E-state index contributed by atoms with van der Waals surface area (Å²) < 4.78 is 0. The summed E-state index contributed by atoms with van der Waals surface area (Å²) in [6, 6.07) is 8.44. The molecule has 110 valence electrons. The Morgan fingerprint density at radius 2 is 1.80 bits per heavy atom. The molecule has 20 heavy (non-hydrogen) atoms. The van der Waals surface area contributed by atoms with Crippen molar-refractivity contribution in [2.75, 3.05) is 5.32 Å². The van der Waals surface area contributed by atoms with Gasteiger partial charge in [0.15, 0.2) is 0 Å². The van der Waals surface area contributed by atoms with Crippen LogP contribution in [0.2, 0.25) is 0 Å². The molecule has 1 aromatic rings. The minimum absolute atomic E-state index is 0.289. The van der Waals surface area contributed by atoms with E-state index >= 15 is 0 Å². The van der Waals surface area contributed by atoms with Crippen molar-refractivity contribution in [3.05, 3.63) is 29.8 Å². The zero-order valence-corrected chi connectivity index (χ0v) is 11.9. The summed E-state index contributed by atoms with van der Waals surface area (Å²) in [5, 5.41) is 6.21. The van der Waals surface area contributed by atoms with Crippen molar-refractivity contribution in [1.82, 2.24) is 5.32 Å². The highest BCUT2D eigenvalue weighted by atomic mass is 16.2. The van der Waals surface area contributed by atoms with Gasteiger partial charge in [0.05, 0.1) is 0 Å². The Bertz CT molecular complexity index is 438. The van der Waals surface area contributed by atoms with Crippen LogP contribution in [-0.4, -0.2) is 18.1 Å². The van der Waals surface area contributed by atoms with E-state index < -0.39 is 6.03 Å². The van der Waals surface area contributed by atoms with Crippen LogP contribution in [0.4, 0.5) is 10.5 Å². The van der Waals surface area contributed by atoms with Crippen molar-refractivity contribution < 1.29 is 4.79 Å². The van der Waals surface area contributed by atoms with Gasteiger partial charge in [0.1, 0.15) is 0 Å². The number of anilines is 1. The van der Waals surface area contributed by atoms with Crippen LogP contribution < -0.4 is 22.1 Å². The molecule has 1 aliphatic carbocycles. The fourth-order valence-electron chi connectivity index (χ4n) is 2.73. The molecular formula is C15H24N4O. The van der Waals surface area contributed by atoms with Gasteiger partial charge in [-0.1, -0.05) is 12.1 Å². The maximum Gasteiger partial charge on any atom is 0.316 e. The first-order valence-electron chi connectivity index (χ1n) is 7.22. The van der Waals surface area contributed by atoms with E-state index in [9.17, 15) is 4.79 Å². The second-order valence-electron chi connectivity index (χ2n) is 5.61. The predicted octanol–water partition coefficient (Wildman–Crippen LogP) is 2.10. The number of carbonyl (C=O) groups is 1. The Morgan fingerprint density at radius 1 is 1.20 bits per heavy atom. The zero-order chi connectivity index (χ0) is 14.5. The van der Waals surface area contributed by atoms with Crippen molar-refractivity contribution >= 4 is 11.7 Å². The highest BCUT2D eigenvalue weighted by molar-refractivity contribution is 5.87. The van der Waals surface area contributed by atoms with Crippen LogP contribution in [0.25, 0.3) is 0 Å². The fraction of sp³-hybridized carbons (Fsp3) is 0.533. The van der Waals surface area contributed by atoms with Crippen LogP contribution in [0.15, 0.2) is 24.3 Å². The number of hydrogen-bond acceptors (Lipinski definition) is 3. The SMILES string of the molecule is CC(NC1CCC(N)CC1)c1ccc(NC(N)=O)cc1. The normalized spacial score (nSPS) is 24.1. The molecule has 0 bridgehead atoms. The third kappa shape index (κ3) is 4.21. The molecule has 1 aliphatic rings. The zero-order valence-electron chi connectivity index (χ0n) is 11.9. The average Bonchev–Trinajstić information content (AvgIpc) is 2.41. The monoisotopic (exact) mass is 276 g/mol. The fourth-order valence-corrected chi connectivity index (χ4v) is 2.73. The Hall–Kier alpha value is -1.59. The topological polar surface area (TPSA) is 93.2 Å². The first-order chi connectivity index (χ1) is 9.54. The molecule has 5 nitrogen and oxygen atoms in total. The second-order valence-corrected chi connectivity index (χ2v) is 5.61. The Balaban J connectivity index is 1.88. The van der Waals surface area contributed by atoms with Gasteiger partial charge in [0.2, 0.25) is 0 Å². The molecule has 0 aromatic heterocycles. The maximum atomic E-state index is 10.8. The van der Waals surface area contributed by atoms with Crippen LogP contribution in [0.1, 0.15) is 44.2 Å². The molecule has 0 heterocycles. The Morgan fingerprint density at radius 3 is 2.35 bits per heavy atom. The second kappa shape index (κ2) is 6.72. The molecule has 1 saturated carbocycles. The van der Waals surface area contributed by atoms with Gasteiger partial charge in [-0.05, 0) is 50.3 Å². The summed E-state index contributed by atoms with van der Waals surface area (Å²) in [5.41, 5.74) is 12.9. The highest BCUT2D eigenvalue weighted by Gasteiger charge is 2.20. The summed E-state index contributed by atoms with van der Waals surface area (Å²) in [5.74, 6) is 0. The molecule has 1 aromatic carbocycles. The molecule has 1 unspecified atom stereocenters. The number of carbonyl (C=O) groups excluding carboxylic acids is 1. The Kier molecular flexibility index (Phi) is 4.98. The van der Waals surface area contributed by atoms with E-state index in [-0.39, 0.29) is 6.04 Å². The number of nitrogens with two attached hydrogens (primary N) is 2. The van der Waals surface area contributed by atoms with E-state index in [0.29, 0.717) is 12.1 Å². The minimum Gasteiger partial charge on any atom is -0.351 e. The van der Waals surface area contributed by atoms with Gasteiger partial charge in [-0.3, -0.25) is 0 Å². The van der Waals surface area contributed by atoms with E-state index in [1.165, 1.54) is 5.56 Å². The van der Waals surface area contributed by atoms with Crippen molar-refractivity contribution in [3.8, 4) is 0 Å². The molecule has 0 aliphatic heterocycles. The number of urea groups is 1. The van der Waals surface area contributed by atoms with Gasteiger partial charge < -0.3 is 22.1 Å². The van der Waals surface area contributed by atoms with E-state index in [0.717, 1.165) is 31.4 Å². The van der Waals surface area contributed by atoms with Crippen molar-refractivity contribution in [1.29, 1.82) is 0 Å². The summed E-state index contributed by atoms with van der Waals surface area (Å²) in [4.78, 5) is 10.8. The molecule has 0 radical (unpaired) electrons. The van der Waals surface area contributed by atoms with Gasteiger partial charge in [0.25, 0.3) is 0 Å².